The molecule has 0 radical (unpaired) electrons. The van der Waals surface area contributed by atoms with Crippen LogP contribution in [0.25, 0.3) is 0 Å². The summed E-state index contributed by atoms with van der Waals surface area (Å²) in [6.07, 6.45) is 5.46. The van der Waals surface area contributed by atoms with E-state index >= 15 is 0 Å². The average Bonchev–Trinajstić information content (AvgIpc) is 2.47. The van der Waals surface area contributed by atoms with Crippen LogP contribution in [0.15, 0.2) is 0 Å². The molecule has 0 aromatic rings. The molecule has 0 saturated carbocycles. The zero-order valence-corrected chi connectivity index (χ0v) is 21.0. The van der Waals surface area contributed by atoms with Gasteiger partial charge in [0.2, 0.25) is 5.91 Å². The summed E-state index contributed by atoms with van der Waals surface area (Å²) in [6.45, 7) is 11.9. The van der Waals surface area contributed by atoms with Gasteiger partial charge in [0, 0.05) is 12.5 Å². The molecule has 1 amide bonds. The summed E-state index contributed by atoms with van der Waals surface area (Å²) in [5.41, 5.74) is 0. The first-order chi connectivity index (χ1) is 11.0. The number of carbonyl (C=O) groups excluding carboxylic acids is 2. The number of rotatable bonds is 11. The molecule has 6 nitrogen and oxygen atoms in total. The number of carbonyl (C=O) groups is 2. The standard InChI is InChI=1S/C15H28NO2.C2H6O3P.U/c1-12(2)8-7-11-16-15(18)10-6-5-9-14(17)13(3)4;1-2-6(3,4)5;/h5,12-13H,6-11H2,1-4H3,(H,16,18);1-2H2,(H2,3,4,5);/q2*-1;+2. The van der Waals surface area contributed by atoms with Gasteiger partial charge in [-0.05, 0) is 25.2 Å². The smallest absolute Gasteiger partial charge is 0.356 e. The zero-order valence-electron chi connectivity index (χ0n) is 16.0. The second-order valence-corrected chi connectivity index (χ2v) is 8.20. The van der Waals surface area contributed by atoms with E-state index in [1.807, 2.05) is 20.3 Å². The molecule has 0 heterocycles. The second-order valence-electron chi connectivity index (χ2n) is 6.43. The van der Waals surface area contributed by atoms with Gasteiger partial charge in [0.15, 0.2) is 0 Å². The van der Waals surface area contributed by atoms with Gasteiger partial charge in [-0.1, -0.05) is 33.9 Å². The summed E-state index contributed by atoms with van der Waals surface area (Å²) < 4.78 is 9.63. The van der Waals surface area contributed by atoms with Gasteiger partial charge in [-0.3, -0.25) is 9.36 Å². The first kappa shape index (κ1) is 30.1. The number of hydrogen-bond donors (Lipinski definition) is 3. The van der Waals surface area contributed by atoms with Crippen molar-refractivity contribution in [1.29, 1.82) is 0 Å². The largest absolute Gasteiger partial charge is 2.00 e. The van der Waals surface area contributed by atoms with Crippen LogP contribution in [0.2, 0.25) is 0 Å². The Morgan fingerprint density at radius 3 is 2.12 bits per heavy atom. The Balaban J connectivity index is -0.000000592. The molecule has 8 heteroatoms. The first-order valence-corrected chi connectivity index (χ1v) is 10.2. The van der Waals surface area contributed by atoms with Crippen molar-refractivity contribution in [2.45, 2.75) is 59.8 Å². The quantitative estimate of drug-likeness (QED) is 0.192. The van der Waals surface area contributed by atoms with Crippen LogP contribution >= 0.6 is 7.60 Å². The number of Topliss-reactive ketones (excluding diaryl/α,β-unsaturated/α-hetero) is 1. The van der Waals surface area contributed by atoms with Gasteiger partial charge in [-0.15, -0.1) is 6.42 Å². The van der Waals surface area contributed by atoms with Crippen molar-refractivity contribution < 1.29 is 55.1 Å². The number of amides is 1. The van der Waals surface area contributed by atoms with Gasteiger partial charge in [-0.25, -0.2) is 0 Å². The van der Waals surface area contributed by atoms with E-state index in [4.69, 9.17) is 9.79 Å². The van der Waals surface area contributed by atoms with Crippen molar-refractivity contribution in [3.8, 4) is 0 Å². The third kappa shape index (κ3) is 26.7. The maximum absolute atomic E-state index is 11.5. The predicted octanol–water partition coefficient (Wildman–Crippen LogP) is 3.14. The Morgan fingerprint density at radius 2 is 1.72 bits per heavy atom. The van der Waals surface area contributed by atoms with Crippen molar-refractivity contribution in [3.63, 3.8) is 0 Å². The van der Waals surface area contributed by atoms with Crippen molar-refractivity contribution >= 4 is 19.3 Å². The topological polar surface area (TPSA) is 104 Å². The van der Waals surface area contributed by atoms with E-state index in [0.717, 1.165) is 19.4 Å². The van der Waals surface area contributed by atoms with E-state index in [2.05, 4.69) is 26.1 Å². The van der Waals surface area contributed by atoms with E-state index < -0.39 is 7.60 Å². The minimum absolute atomic E-state index is 0. The molecule has 0 atom stereocenters. The van der Waals surface area contributed by atoms with Gasteiger partial charge >= 0.3 is 31.1 Å². The molecular formula is C17H34NO5PU. The average molecular weight is 601 g/mol. The van der Waals surface area contributed by atoms with Gasteiger partial charge in [0.05, 0.1) is 0 Å². The van der Waals surface area contributed by atoms with Crippen LogP contribution in [0.1, 0.15) is 59.8 Å². The molecule has 0 saturated heterocycles. The zero-order chi connectivity index (χ0) is 19.2. The summed E-state index contributed by atoms with van der Waals surface area (Å²) in [4.78, 5) is 38.5. The van der Waals surface area contributed by atoms with Crippen LogP contribution in [-0.2, 0) is 14.2 Å². The van der Waals surface area contributed by atoms with Crippen LogP contribution in [0, 0.1) is 56.3 Å². The van der Waals surface area contributed by atoms with Crippen LogP contribution in [0.3, 0.4) is 0 Å². The maximum Gasteiger partial charge on any atom is 2.00 e. The Kier molecular flexibility index (Phi) is 21.3. The molecule has 3 N–H and O–H groups in total. The molecule has 0 fully saturated rings. The molecule has 0 aromatic heterocycles. The summed E-state index contributed by atoms with van der Waals surface area (Å²) in [5.74, 6) is 1.11. The molecule has 0 rings (SSSR count). The van der Waals surface area contributed by atoms with Crippen LogP contribution < -0.4 is 5.32 Å². The van der Waals surface area contributed by atoms with Crippen LogP contribution in [0.4, 0.5) is 0 Å². The predicted molar refractivity (Wildman–Crippen MR) is 97.3 cm³/mol. The molecule has 0 aliphatic carbocycles. The molecule has 0 bridgehead atoms. The number of nitrogens with one attached hydrogen (secondary N) is 1. The molecule has 146 valence electrons. The number of unbranched alkanes of at least 4 members (excludes halogenated alkanes) is 1. The minimum atomic E-state index is -3.76. The van der Waals surface area contributed by atoms with Gasteiger partial charge in [-0.2, -0.15) is 6.42 Å². The fourth-order valence-corrected chi connectivity index (χ4v) is 1.54. The molecule has 0 unspecified atom stereocenters. The maximum atomic E-state index is 11.5. The molecule has 0 aliphatic heterocycles. The molecule has 25 heavy (non-hydrogen) atoms. The van der Waals surface area contributed by atoms with Crippen LogP contribution in [-0.4, -0.2) is 34.2 Å². The SMILES string of the molecule is CC(C)CCCNC(=O)CC[CH-]CC(=O)C(C)C.[CH2-]CP(=O)(O)O.[U+2]. The van der Waals surface area contributed by atoms with Gasteiger partial charge in [0.25, 0.3) is 7.60 Å². The molecule has 0 aliphatic rings. The Labute approximate surface area is 176 Å². The third-order valence-corrected chi connectivity index (χ3v) is 3.72. The first-order valence-electron chi connectivity index (χ1n) is 8.44. The van der Waals surface area contributed by atoms with Crippen LogP contribution in [0.5, 0.6) is 0 Å². The Bertz CT molecular complexity index is 396. The fraction of sp³-hybridized carbons (Fsp3) is 0.765. The van der Waals surface area contributed by atoms with E-state index in [-0.39, 0.29) is 54.9 Å². The summed E-state index contributed by atoms with van der Waals surface area (Å²) in [5, 5.41) is 2.91. The minimum Gasteiger partial charge on any atom is -0.356 e. The van der Waals surface area contributed by atoms with Crippen molar-refractivity contribution in [2.75, 3.05) is 12.7 Å². The molecular weight excluding hydrogens is 567 g/mol. The summed E-state index contributed by atoms with van der Waals surface area (Å²) >= 11 is 0. The number of hydrogen-bond acceptors (Lipinski definition) is 3. The van der Waals surface area contributed by atoms with E-state index in [1.54, 1.807) is 0 Å². The molecule has 0 spiro atoms. The Hall–Kier alpha value is 0.342. The monoisotopic (exact) mass is 601 g/mol. The van der Waals surface area contributed by atoms with Crippen molar-refractivity contribution in [1.82, 2.24) is 5.32 Å². The second kappa shape index (κ2) is 17.7. The van der Waals surface area contributed by atoms with Gasteiger partial charge in [0.1, 0.15) is 5.78 Å². The Morgan fingerprint density at radius 1 is 1.20 bits per heavy atom. The fourth-order valence-electron chi connectivity index (χ4n) is 1.54. The van der Waals surface area contributed by atoms with E-state index in [9.17, 15) is 14.2 Å². The van der Waals surface area contributed by atoms with Gasteiger partial charge < -0.3 is 33.2 Å². The normalized spacial score (nSPS) is 10.8. The molecule has 0 aromatic carbocycles. The summed E-state index contributed by atoms with van der Waals surface area (Å²) in [7, 11) is -3.76. The number of ketones is 1. The van der Waals surface area contributed by atoms with Crippen molar-refractivity contribution in [3.05, 3.63) is 13.3 Å². The van der Waals surface area contributed by atoms with E-state index in [1.165, 1.54) is 0 Å². The third-order valence-electron chi connectivity index (χ3n) is 3.14. The van der Waals surface area contributed by atoms with E-state index in [0.29, 0.717) is 25.2 Å². The van der Waals surface area contributed by atoms with Crippen molar-refractivity contribution in [2.24, 2.45) is 11.8 Å². The summed E-state index contributed by atoms with van der Waals surface area (Å²) in [6, 6.07) is 0.